The molecule has 0 spiro atoms. The number of esters is 1. The number of carbonyl (C=O) groups is 1. The third-order valence-corrected chi connectivity index (χ3v) is 4.29. The van der Waals surface area contributed by atoms with Gasteiger partial charge in [-0.25, -0.2) is 4.39 Å². The molecule has 114 valence electrons. The van der Waals surface area contributed by atoms with Gasteiger partial charge in [0.15, 0.2) is 0 Å². The van der Waals surface area contributed by atoms with E-state index in [0.29, 0.717) is 23.7 Å². The predicted molar refractivity (Wildman–Crippen MR) is 83.7 cm³/mol. The smallest absolute Gasteiger partial charge is 0.319 e. The number of rotatable bonds is 2. The molecule has 3 rings (SSSR count). The minimum atomic E-state index is -0.576. The lowest BCUT2D eigenvalue weighted by Crippen LogP contribution is -2.28. The number of benzene rings is 2. The minimum Gasteiger partial charge on any atom is -0.425 e. The van der Waals surface area contributed by atoms with Crippen LogP contribution in [0, 0.1) is 12.7 Å². The Bertz CT molecular complexity index is 734. The molecule has 1 atom stereocenters. The molecule has 2 aromatic carbocycles. The molecule has 1 unspecified atom stereocenters. The Morgan fingerprint density at radius 3 is 2.59 bits per heavy atom. The molecular weight excluding hydrogens is 279 g/mol. The highest BCUT2D eigenvalue weighted by Crippen LogP contribution is 2.40. The zero-order valence-corrected chi connectivity index (χ0v) is 13.0. The first-order valence-corrected chi connectivity index (χ1v) is 7.57. The molecule has 0 aromatic heterocycles. The second-order valence-corrected chi connectivity index (χ2v) is 6.13. The molecule has 1 aliphatic rings. The quantitative estimate of drug-likeness (QED) is 0.602. The fourth-order valence-corrected chi connectivity index (χ4v) is 3.11. The zero-order chi connectivity index (χ0) is 15.9. The standard InChI is InChI=1S/C19H19FO2/c1-11(2)13-9-8-12(3)18-15(13)10-16(19(21)22-18)14-6-4-5-7-17(14)20/h4-9,11,16H,10H2,1-3H3. The molecule has 0 aliphatic carbocycles. The van der Waals surface area contributed by atoms with Gasteiger partial charge in [-0.2, -0.15) is 0 Å². The van der Waals surface area contributed by atoms with E-state index in [1.165, 1.54) is 6.07 Å². The lowest BCUT2D eigenvalue weighted by molar-refractivity contribution is -0.137. The molecule has 3 heteroatoms. The Hall–Kier alpha value is -2.16. The molecule has 1 aliphatic heterocycles. The largest absolute Gasteiger partial charge is 0.425 e. The lowest BCUT2D eigenvalue weighted by atomic mass is 9.84. The Kier molecular flexibility index (Phi) is 3.73. The highest BCUT2D eigenvalue weighted by Gasteiger charge is 2.33. The van der Waals surface area contributed by atoms with E-state index in [2.05, 4.69) is 19.9 Å². The van der Waals surface area contributed by atoms with E-state index in [1.807, 2.05) is 13.0 Å². The van der Waals surface area contributed by atoms with Crippen LogP contribution in [-0.2, 0) is 11.2 Å². The van der Waals surface area contributed by atoms with Crippen molar-refractivity contribution in [3.63, 3.8) is 0 Å². The van der Waals surface area contributed by atoms with Crippen LogP contribution in [-0.4, -0.2) is 5.97 Å². The molecule has 0 amide bonds. The van der Waals surface area contributed by atoms with Crippen molar-refractivity contribution >= 4 is 5.97 Å². The molecular formula is C19H19FO2. The summed E-state index contributed by atoms with van der Waals surface area (Å²) in [6, 6.07) is 10.5. The summed E-state index contributed by atoms with van der Waals surface area (Å²) in [5.41, 5.74) is 3.55. The van der Waals surface area contributed by atoms with Crippen molar-refractivity contribution in [3.05, 3.63) is 64.5 Å². The Balaban J connectivity index is 2.10. The van der Waals surface area contributed by atoms with E-state index >= 15 is 0 Å². The molecule has 0 bridgehead atoms. The van der Waals surface area contributed by atoms with Gasteiger partial charge in [-0.15, -0.1) is 0 Å². The summed E-state index contributed by atoms with van der Waals surface area (Å²) in [5.74, 6) is -0.322. The molecule has 0 N–H and O–H groups in total. The average Bonchev–Trinajstić information content (AvgIpc) is 2.48. The Morgan fingerprint density at radius 2 is 1.91 bits per heavy atom. The molecule has 22 heavy (non-hydrogen) atoms. The molecule has 2 nitrogen and oxygen atoms in total. The van der Waals surface area contributed by atoms with E-state index in [4.69, 9.17) is 4.74 Å². The van der Waals surface area contributed by atoms with Crippen LogP contribution in [0.25, 0.3) is 0 Å². The molecule has 0 radical (unpaired) electrons. The molecule has 1 heterocycles. The van der Waals surface area contributed by atoms with Gasteiger partial charge in [0.2, 0.25) is 0 Å². The number of carbonyl (C=O) groups excluding carboxylic acids is 1. The van der Waals surface area contributed by atoms with Crippen LogP contribution in [0.5, 0.6) is 5.75 Å². The maximum atomic E-state index is 14.1. The highest BCUT2D eigenvalue weighted by atomic mass is 19.1. The summed E-state index contributed by atoms with van der Waals surface area (Å²) >= 11 is 0. The topological polar surface area (TPSA) is 26.3 Å². The van der Waals surface area contributed by atoms with E-state index < -0.39 is 5.92 Å². The Morgan fingerprint density at radius 1 is 1.18 bits per heavy atom. The first kappa shape index (κ1) is 14.8. The number of ether oxygens (including phenoxy) is 1. The van der Waals surface area contributed by atoms with Crippen LogP contribution in [0.4, 0.5) is 4.39 Å². The van der Waals surface area contributed by atoms with Crippen LogP contribution in [0.2, 0.25) is 0 Å². The van der Waals surface area contributed by atoms with Gasteiger partial charge in [0.1, 0.15) is 11.6 Å². The maximum absolute atomic E-state index is 14.1. The van der Waals surface area contributed by atoms with Gasteiger partial charge in [0, 0.05) is 5.56 Å². The van der Waals surface area contributed by atoms with Crippen LogP contribution in [0.15, 0.2) is 36.4 Å². The van der Waals surface area contributed by atoms with E-state index in [-0.39, 0.29) is 11.8 Å². The van der Waals surface area contributed by atoms with E-state index in [9.17, 15) is 9.18 Å². The van der Waals surface area contributed by atoms with Crippen molar-refractivity contribution in [3.8, 4) is 5.75 Å². The first-order chi connectivity index (χ1) is 10.5. The SMILES string of the molecule is Cc1ccc(C(C)C)c2c1OC(=O)C(c1ccccc1F)C2. The fourth-order valence-electron chi connectivity index (χ4n) is 3.11. The molecule has 2 aromatic rings. The molecule has 0 saturated carbocycles. The fraction of sp³-hybridized carbons (Fsp3) is 0.316. The second kappa shape index (κ2) is 5.56. The summed E-state index contributed by atoms with van der Waals surface area (Å²) < 4.78 is 19.6. The van der Waals surface area contributed by atoms with E-state index in [1.54, 1.807) is 18.2 Å². The van der Waals surface area contributed by atoms with Crippen molar-refractivity contribution in [1.29, 1.82) is 0 Å². The average molecular weight is 298 g/mol. The van der Waals surface area contributed by atoms with Gasteiger partial charge in [0.25, 0.3) is 0 Å². The van der Waals surface area contributed by atoms with Gasteiger partial charge in [-0.1, -0.05) is 44.2 Å². The van der Waals surface area contributed by atoms with Gasteiger partial charge in [0.05, 0.1) is 5.92 Å². The van der Waals surface area contributed by atoms with Gasteiger partial charge in [-0.3, -0.25) is 4.79 Å². The lowest BCUT2D eigenvalue weighted by Gasteiger charge is -2.28. The van der Waals surface area contributed by atoms with E-state index in [0.717, 1.165) is 16.7 Å². The van der Waals surface area contributed by atoms with Gasteiger partial charge >= 0.3 is 5.97 Å². The third kappa shape index (κ3) is 2.41. The van der Waals surface area contributed by atoms with Crippen molar-refractivity contribution in [2.45, 2.75) is 39.0 Å². The number of hydrogen-bond acceptors (Lipinski definition) is 2. The zero-order valence-electron chi connectivity index (χ0n) is 13.0. The molecule has 0 saturated heterocycles. The first-order valence-electron chi connectivity index (χ1n) is 7.57. The van der Waals surface area contributed by atoms with Crippen molar-refractivity contribution in [1.82, 2.24) is 0 Å². The number of fused-ring (bicyclic) bond motifs is 1. The summed E-state index contributed by atoms with van der Waals surface area (Å²) in [5, 5.41) is 0. The number of hydrogen-bond donors (Lipinski definition) is 0. The third-order valence-electron chi connectivity index (χ3n) is 4.29. The second-order valence-electron chi connectivity index (χ2n) is 6.13. The van der Waals surface area contributed by atoms with Crippen molar-refractivity contribution < 1.29 is 13.9 Å². The van der Waals surface area contributed by atoms with Crippen LogP contribution >= 0.6 is 0 Å². The van der Waals surface area contributed by atoms with Gasteiger partial charge in [-0.05, 0) is 42.0 Å². The summed E-state index contributed by atoms with van der Waals surface area (Å²) in [6.07, 6.45) is 0.490. The minimum absolute atomic E-state index is 0.326. The van der Waals surface area contributed by atoms with Crippen molar-refractivity contribution in [2.24, 2.45) is 0 Å². The number of halogens is 1. The summed E-state index contributed by atoms with van der Waals surface area (Å²) in [7, 11) is 0. The summed E-state index contributed by atoms with van der Waals surface area (Å²) in [4.78, 5) is 12.4. The van der Waals surface area contributed by atoms with Crippen LogP contribution < -0.4 is 4.74 Å². The predicted octanol–water partition coefficient (Wildman–Crippen LogP) is 4.50. The van der Waals surface area contributed by atoms with Crippen LogP contribution in [0.1, 0.15) is 47.9 Å². The Labute approximate surface area is 129 Å². The molecule has 0 fully saturated rings. The number of aryl methyl sites for hydroxylation is 1. The highest BCUT2D eigenvalue weighted by molar-refractivity contribution is 5.84. The normalized spacial score (nSPS) is 17.3. The van der Waals surface area contributed by atoms with Crippen molar-refractivity contribution in [2.75, 3.05) is 0 Å². The summed E-state index contributed by atoms with van der Waals surface area (Å²) in [6.45, 7) is 6.15. The monoisotopic (exact) mass is 298 g/mol. The van der Waals surface area contributed by atoms with Gasteiger partial charge < -0.3 is 4.74 Å². The maximum Gasteiger partial charge on any atom is 0.319 e. The van der Waals surface area contributed by atoms with Crippen LogP contribution in [0.3, 0.4) is 0 Å².